The third-order valence-electron chi connectivity index (χ3n) is 6.74. The maximum absolute atomic E-state index is 13.8. The Balaban J connectivity index is 1.81. The Labute approximate surface area is 236 Å². The van der Waals surface area contributed by atoms with Crippen LogP contribution in [-0.4, -0.2) is 48.4 Å². The van der Waals surface area contributed by atoms with Gasteiger partial charge in [0.2, 0.25) is 17.7 Å². The van der Waals surface area contributed by atoms with E-state index in [1.165, 1.54) is 4.90 Å². The fourth-order valence-corrected chi connectivity index (χ4v) is 4.36. The van der Waals surface area contributed by atoms with E-state index in [2.05, 4.69) is 10.6 Å². The largest absolute Gasteiger partial charge is 0.494 e. The van der Waals surface area contributed by atoms with E-state index in [4.69, 9.17) is 10.5 Å². The number of ether oxygens (including phenoxy) is 1. The second kappa shape index (κ2) is 15.4. The number of likely N-dealkylation sites (N-methyl/N-ethyl adjacent to an activating group) is 1. The molecule has 40 heavy (non-hydrogen) atoms. The van der Waals surface area contributed by atoms with E-state index in [1.54, 1.807) is 14.0 Å². The van der Waals surface area contributed by atoms with E-state index >= 15 is 0 Å². The highest BCUT2D eigenvalue weighted by atomic mass is 16.5. The van der Waals surface area contributed by atoms with E-state index in [9.17, 15) is 14.4 Å². The summed E-state index contributed by atoms with van der Waals surface area (Å²) < 4.78 is 5.52. The van der Waals surface area contributed by atoms with E-state index in [-0.39, 0.29) is 30.6 Å². The summed E-state index contributed by atoms with van der Waals surface area (Å²) in [5, 5.41) is 5.84. The summed E-state index contributed by atoms with van der Waals surface area (Å²) >= 11 is 0. The Hall–Kier alpha value is -4.17. The van der Waals surface area contributed by atoms with Crippen molar-refractivity contribution >= 4 is 17.7 Å². The number of rotatable bonds is 14. The van der Waals surface area contributed by atoms with Gasteiger partial charge >= 0.3 is 0 Å². The number of nitrogens with one attached hydrogen (secondary N) is 2. The molecule has 0 aliphatic rings. The van der Waals surface area contributed by atoms with Crippen molar-refractivity contribution in [3.8, 4) is 5.75 Å². The fraction of sp³-hybridized carbons (Fsp3) is 0.344. The minimum atomic E-state index is -0.828. The van der Waals surface area contributed by atoms with Crippen molar-refractivity contribution in [1.82, 2.24) is 15.5 Å². The topological polar surface area (TPSA) is 114 Å². The second-order valence-corrected chi connectivity index (χ2v) is 9.65. The third-order valence-corrected chi connectivity index (χ3v) is 6.74. The van der Waals surface area contributed by atoms with Crippen LogP contribution in [0.1, 0.15) is 42.5 Å². The van der Waals surface area contributed by atoms with Crippen LogP contribution in [0.15, 0.2) is 78.9 Å². The lowest BCUT2D eigenvalue weighted by Crippen LogP contribution is -2.55. The normalized spacial score (nSPS) is 12.2. The first-order valence-corrected chi connectivity index (χ1v) is 13.7. The van der Waals surface area contributed by atoms with Gasteiger partial charge in [-0.2, -0.15) is 0 Å². The van der Waals surface area contributed by atoms with Crippen LogP contribution in [0.4, 0.5) is 0 Å². The summed E-state index contributed by atoms with van der Waals surface area (Å²) in [7, 11) is 1.62. The molecule has 0 aliphatic heterocycles. The number of carbonyl (C=O) groups is 3. The predicted octanol–water partition coefficient (Wildman–Crippen LogP) is 3.37. The van der Waals surface area contributed by atoms with Gasteiger partial charge < -0.3 is 26.0 Å². The van der Waals surface area contributed by atoms with Crippen LogP contribution in [0.5, 0.6) is 5.75 Å². The standard InChI is InChI=1S/C32H40N4O4/c1-4-30(37)35-28(19-24-15-17-27(18-16-24)40-5-2)32(39)36(3)29(20-23-9-7-6-8-10-23)31(38)34-22-26-13-11-25(21-33)12-14-26/h6-18,28-29H,4-5,19-22,33H2,1-3H3,(H,34,38)(H,35,37)/t28-,29+/m1/s1. The van der Waals surface area contributed by atoms with Crippen LogP contribution >= 0.6 is 0 Å². The summed E-state index contributed by atoms with van der Waals surface area (Å²) in [4.78, 5) is 41.2. The molecule has 0 spiro atoms. The Bertz CT molecular complexity index is 1230. The van der Waals surface area contributed by atoms with Crippen LogP contribution in [-0.2, 0) is 40.3 Å². The first-order chi connectivity index (χ1) is 19.3. The van der Waals surface area contributed by atoms with Crippen molar-refractivity contribution in [2.75, 3.05) is 13.7 Å². The summed E-state index contributed by atoms with van der Waals surface area (Å²) in [6.45, 7) is 4.98. The Morgan fingerprint density at radius 3 is 2.02 bits per heavy atom. The van der Waals surface area contributed by atoms with Gasteiger partial charge in [0.05, 0.1) is 6.61 Å². The second-order valence-electron chi connectivity index (χ2n) is 9.65. The highest BCUT2D eigenvalue weighted by Gasteiger charge is 2.32. The van der Waals surface area contributed by atoms with Crippen molar-refractivity contribution in [3.63, 3.8) is 0 Å². The zero-order chi connectivity index (χ0) is 28.9. The molecule has 0 radical (unpaired) electrons. The first-order valence-electron chi connectivity index (χ1n) is 13.7. The summed E-state index contributed by atoms with van der Waals surface area (Å²) in [5.74, 6) is -0.105. The van der Waals surface area contributed by atoms with Crippen molar-refractivity contribution in [2.24, 2.45) is 5.73 Å². The number of benzene rings is 3. The number of hydrogen-bond acceptors (Lipinski definition) is 5. The van der Waals surface area contributed by atoms with Crippen LogP contribution in [0.3, 0.4) is 0 Å². The molecule has 3 amide bonds. The predicted molar refractivity (Wildman–Crippen MR) is 156 cm³/mol. The van der Waals surface area contributed by atoms with Crippen molar-refractivity contribution < 1.29 is 19.1 Å². The zero-order valence-electron chi connectivity index (χ0n) is 23.6. The fourth-order valence-electron chi connectivity index (χ4n) is 4.36. The molecule has 3 aromatic rings. The number of nitrogens with zero attached hydrogens (tertiary/aromatic N) is 1. The molecular formula is C32H40N4O4. The minimum absolute atomic E-state index is 0.234. The molecule has 3 rings (SSSR count). The van der Waals surface area contributed by atoms with Crippen molar-refractivity contribution in [1.29, 1.82) is 0 Å². The Kier molecular flexibility index (Phi) is 11.7. The van der Waals surface area contributed by atoms with Gasteiger partial charge in [0.25, 0.3) is 0 Å². The summed E-state index contributed by atoms with van der Waals surface area (Å²) in [5.41, 5.74) is 9.43. The number of amides is 3. The van der Waals surface area contributed by atoms with Gasteiger partial charge in [-0.1, -0.05) is 73.7 Å². The molecule has 0 unspecified atom stereocenters. The van der Waals surface area contributed by atoms with Crippen LogP contribution in [0, 0.1) is 0 Å². The molecule has 2 atom stereocenters. The molecule has 0 saturated carbocycles. The molecule has 0 aliphatic carbocycles. The molecule has 0 saturated heterocycles. The van der Waals surface area contributed by atoms with E-state index in [1.807, 2.05) is 85.8 Å². The molecule has 0 heterocycles. The molecular weight excluding hydrogens is 504 g/mol. The molecule has 3 aromatic carbocycles. The van der Waals surface area contributed by atoms with Gasteiger partial charge in [0.15, 0.2) is 0 Å². The molecule has 0 aromatic heterocycles. The number of nitrogens with two attached hydrogens (primary N) is 1. The molecule has 4 N–H and O–H groups in total. The highest BCUT2D eigenvalue weighted by molar-refractivity contribution is 5.92. The van der Waals surface area contributed by atoms with Crippen LogP contribution < -0.4 is 21.1 Å². The average molecular weight is 545 g/mol. The lowest BCUT2D eigenvalue weighted by Gasteiger charge is -2.31. The van der Waals surface area contributed by atoms with E-state index in [0.717, 1.165) is 28.0 Å². The van der Waals surface area contributed by atoms with Gasteiger partial charge in [0.1, 0.15) is 17.8 Å². The van der Waals surface area contributed by atoms with Crippen molar-refractivity contribution in [2.45, 2.75) is 58.3 Å². The summed E-state index contributed by atoms with van der Waals surface area (Å²) in [6, 6.07) is 23.1. The van der Waals surface area contributed by atoms with Crippen molar-refractivity contribution in [3.05, 3.63) is 101 Å². The molecule has 0 fully saturated rings. The maximum Gasteiger partial charge on any atom is 0.245 e. The first kappa shape index (κ1) is 30.4. The van der Waals surface area contributed by atoms with Crippen LogP contribution in [0.25, 0.3) is 0 Å². The quantitative estimate of drug-likeness (QED) is 0.288. The van der Waals surface area contributed by atoms with Gasteiger partial charge in [-0.25, -0.2) is 0 Å². The smallest absolute Gasteiger partial charge is 0.245 e. The number of carbonyl (C=O) groups excluding carboxylic acids is 3. The lowest BCUT2D eigenvalue weighted by atomic mass is 10.0. The summed E-state index contributed by atoms with van der Waals surface area (Å²) in [6.07, 6.45) is 0.862. The number of hydrogen-bond donors (Lipinski definition) is 3. The minimum Gasteiger partial charge on any atom is -0.494 e. The van der Waals surface area contributed by atoms with Gasteiger partial charge in [-0.05, 0) is 41.3 Å². The molecule has 8 heteroatoms. The van der Waals surface area contributed by atoms with Gasteiger partial charge in [-0.15, -0.1) is 0 Å². The lowest BCUT2D eigenvalue weighted by molar-refractivity contribution is -0.141. The zero-order valence-corrected chi connectivity index (χ0v) is 23.6. The average Bonchev–Trinajstić information content (AvgIpc) is 2.99. The molecule has 0 bridgehead atoms. The maximum atomic E-state index is 13.8. The Morgan fingerprint density at radius 1 is 0.825 bits per heavy atom. The van der Waals surface area contributed by atoms with Gasteiger partial charge in [-0.3, -0.25) is 14.4 Å². The Morgan fingerprint density at radius 2 is 1.43 bits per heavy atom. The molecule has 212 valence electrons. The van der Waals surface area contributed by atoms with E-state index < -0.39 is 12.1 Å². The SMILES string of the molecule is CCOc1ccc(C[C@@H](NC(=O)CC)C(=O)N(C)[C@@H](Cc2ccccc2)C(=O)NCc2ccc(CN)cc2)cc1. The third kappa shape index (κ3) is 8.95. The van der Waals surface area contributed by atoms with Gasteiger partial charge in [0, 0.05) is 39.4 Å². The monoisotopic (exact) mass is 544 g/mol. The molecule has 8 nitrogen and oxygen atoms in total. The van der Waals surface area contributed by atoms with Crippen LogP contribution in [0.2, 0.25) is 0 Å². The van der Waals surface area contributed by atoms with E-state index in [0.29, 0.717) is 26.1 Å². The highest BCUT2D eigenvalue weighted by Crippen LogP contribution is 2.16.